The molecule has 2 aromatic rings. The van der Waals surface area contributed by atoms with E-state index in [1.54, 1.807) is 0 Å². The van der Waals surface area contributed by atoms with Crippen molar-refractivity contribution < 1.29 is 32.4 Å². The van der Waals surface area contributed by atoms with Gasteiger partial charge in [0.2, 0.25) is 5.75 Å². The molecule has 24 heavy (non-hydrogen) atoms. The Bertz CT molecular complexity index is 821. The van der Waals surface area contributed by atoms with E-state index in [2.05, 4.69) is 0 Å². The normalized spacial score (nSPS) is 11.2. The molecule has 10 heteroatoms. The third-order valence-electron chi connectivity index (χ3n) is 2.94. The summed E-state index contributed by atoms with van der Waals surface area (Å²) < 4.78 is 51.1. The zero-order valence-electron chi connectivity index (χ0n) is 11.6. The monoisotopic (exact) mass is 344 g/mol. The Labute approximate surface area is 131 Å². The molecule has 0 unspecified atom stereocenters. The van der Waals surface area contributed by atoms with Crippen molar-refractivity contribution >= 4 is 17.3 Å². The first-order valence-corrected chi connectivity index (χ1v) is 6.25. The number of nitrogens with zero attached hydrogens (tertiary/aromatic N) is 1. The molecule has 2 aromatic carbocycles. The van der Waals surface area contributed by atoms with E-state index in [4.69, 9.17) is 0 Å². The van der Waals surface area contributed by atoms with E-state index in [1.165, 1.54) is 0 Å². The number of phenols is 1. The van der Waals surface area contributed by atoms with Crippen LogP contribution in [0.4, 0.5) is 28.9 Å². The summed E-state index contributed by atoms with van der Waals surface area (Å²) in [5.41, 5.74) is -3.13. The number of carbonyl (C=O) groups excluding carboxylic acids is 1. The Morgan fingerprint density at radius 2 is 1.88 bits per heavy atom. The van der Waals surface area contributed by atoms with Crippen LogP contribution < -0.4 is 5.32 Å². The van der Waals surface area contributed by atoms with Gasteiger partial charge in [-0.1, -0.05) is 6.07 Å². The van der Waals surface area contributed by atoms with Crippen LogP contribution in [0.5, 0.6) is 5.75 Å². The molecule has 2 N–H and O–H groups in total. The van der Waals surface area contributed by atoms with E-state index in [0.717, 1.165) is 18.2 Å². The molecule has 126 valence electrons. The van der Waals surface area contributed by atoms with Crippen LogP contribution in [0.25, 0.3) is 0 Å². The van der Waals surface area contributed by atoms with Crippen LogP contribution in [0.15, 0.2) is 36.4 Å². The van der Waals surface area contributed by atoms with Gasteiger partial charge in [0.1, 0.15) is 5.82 Å². The van der Waals surface area contributed by atoms with Crippen molar-refractivity contribution in [3.05, 3.63) is 63.5 Å². The standard InChI is InChI=1S/C14H8F4N2O4/c15-8-4-7(14(16,17)18)5-9(6-8)19-13(22)10-2-1-3-11(12(10)21)20(23)24/h1-6,21H,(H,19,22). The Morgan fingerprint density at radius 1 is 1.21 bits per heavy atom. The first-order valence-electron chi connectivity index (χ1n) is 6.25. The Kier molecular flexibility index (Phi) is 4.40. The van der Waals surface area contributed by atoms with Crippen molar-refractivity contribution in [2.24, 2.45) is 0 Å². The van der Waals surface area contributed by atoms with Crippen LogP contribution in [0.3, 0.4) is 0 Å². The molecular formula is C14H8F4N2O4. The van der Waals surface area contributed by atoms with E-state index < -0.39 is 51.1 Å². The number of hydrogen-bond acceptors (Lipinski definition) is 4. The maximum absolute atomic E-state index is 13.3. The number of nitro groups is 1. The predicted octanol–water partition coefficient (Wildman–Crippen LogP) is 3.71. The average molecular weight is 344 g/mol. The number of halogens is 4. The SMILES string of the molecule is O=C(Nc1cc(F)cc(C(F)(F)F)c1)c1cccc([N+](=O)[O-])c1O. The minimum atomic E-state index is -4.82. The number of nitrogens with one attached hydrogen (secondary N) is 1. The van der Waals surface area contributed by atoms with Crippen molar-refractivity contribution in [3.63, 3.8) is 0 Å². The van der Waals surface area contributed by atoms with Crippen LogP contribution >= 0.6 is 0 Å². The molecule has 6 nitrogen and oxygen atoms in total. The van der Waals surface area contributed by atoms with Gasteiger partial charge in [0.25, 0.3) is 5.91 Å². The summed E-state index contributed by atoms with van der Waals surface area (Å²) in [5.74, 6) is -3.31. The maximum atomic E-state index is 13.3. The third-order valence-corrected chi connectivity index (χ3v) is 2.94. The number of benzene rings is 2. The Hall–Kier alpha value is -3.17. The zero-order chi connectivity index (χ0) is 18.1. The molecule has 2 rings (SSSR count). The summed E-state index contributed by atoms with van der Waals surface area (Å²) in [6, 6.07) is 4.47. The molecule has 0 saturated carbocycles. The van der Waals surface area contributed by atoms with Crippen molar-refractivity contribution in [1.82, 2.24) is 0 Å². The highest BCUT2D eigenvalue weighted by molar-refractivity contribution is 6.06. The number of carbonyl (C=O) groups is 1. The smallest absolute Gasteiger partial charge is 0.416 e. The van der Waals surface area contributed by atoms with Gasteiger partial charge in [-0.15, -0.1) is 0 Å². The number of alkyl halides is 3. The number of nitro benzene ring substituents is 1. The average Bonchev–Trinajstić information content (AvgIpc) is 2.45. The fourth-order valence-electron chi connectivity index (χ4n) is 1.89. The molecule has 0 atom stereocenters. The molecule has 0 aliphatic rings. The number of para-hydroxylation sites is 1. The Balaban J connectivity index is 2.36. The van der Waals surface area contributed by atoms with Crippen LogP contribution in [0, 0.1) is 15.9 Å². The molecule has 0 radical (unpaired) electrons. The van der Waals surface area contributed by atoms with E-state index in [9.17, 15) is 37.6 Å². The van der Waals surface area contributed by atoms with Crippen molar-refractivity contribution in [3.8, 4) is 5.75 Å². The quantitative estimate of drug-likeness (QED) is 0.504. The molecule has 0 aliphatic carbocycles. The molecule has 0 bridgehead atoms. The number of aromatic hydroxyl groups is 1. The van der Waals surface area contributed by atoms with E-state index in [0.29, 0.717) is 12.1 Å². The van der Waals surface area contributed by atoms with Gasteiger partial charge < -0.3 is 10.4 Å². The number of hydrogen-bond donors (Lipinski definition) is 2. The van der Waals surface area contributed by atoms with Gasteiger partial charge in [-0.2, -0.15) is 13.2 Å². The molecule has 0 aliphatic heterocycles. The second kappa shape index (κ2) is 6.14. The summed E-state index contributed by atoms with van der Waals surface area (Å²) >= 11 is 0. The van der Waals surface area contributed by atoms with Gasteiger partial charge in [-0.3, -0.25) is 14.9 Å². The van der Waals surface area contributed by atoms with Crippen LogP contribution in [0.2, 0.25) is 0 Å². The molecule has 0 aromatic heterocycles. The molecule has 0 fully saturated rings. The van der Waals surface area contributed by atoms with E-state index in [-0.39, 0.29) is 6.07 Å². The number of phenolic OH excluding ortho intramolecular Hbond substituents is 1. The first-order chi connectivity index (χ1) is 11.1. The molecule has 0 spiro atoms. The lowest BCUT2D eigenvalue weighted by Gasteiger charge is -2.11. The van der Waals surface area contributed by atoms with Crippen LogP contribution in [-0.4, -0.2) is 15.9 Å². The molecule has 0 heterocycles. The van der Waals surface area contributed by atoms with Gasteiger partial charge in [0.15, 0.2) is 0 Å². The predicted molar refractivity (Wildman–Crippen MR) is 74.1 cm³/mol. The molecule has 1 amide bonds. The van der Waals surface area contributed by atoms with Crippen LogP contribution in [0.1, 0.15) is 15.9 Å². The van der Waals surface area contributed by atoms with Crippen LogP contribution in [-0.2, 0) is 6.18 Å². The first kappa shape index (κ1) is 17.2. The summed E-state index contributed by atoms with van der Waals surface area (Å²) in [5, 5.41) is 22.3. The highest BCUT2D eigenvalue weighted by Gasteiger charge is 2.31. The summed E-state index contributed by atoms with van der Waals surface area (Å²) in [7, 11) is 0. The van der Waals surface area contributed by atoms with E-state index in [1.807, 2.05) is 5.32 Å². The fraction of sp³-hybridized carbons (Fsp3) is 0.0714. The lowest BCUT2D eigenvalue weighted by Crippen LogP contribution is -2.14. The number of rotatable bonds is 3. The van der Waals surface area contributed by atoms with Gasteiger partial charge in [-0.25, -0.2) is 4.39 Å². The maximum Gasteiger partial charge on any atom is 0.416 e. The minimum Gasteiger partial charge on any atom is -0.502 e. The largest absolute Gasteiger partial charge is 0.502 e. The lowest BCUT2D eigenvalue weighted by molar-refractivity contribution is -0.385. The number of anilines is 1. The van der Waals surface area contributed by atoms with Gasteiger partial charge in [0, 0.05) is 11.8 Å². The second-order valence-electron chi connectivity index (χ2n) is 4.61. The number of amides is 1. The minimum absolute atomic E-state index is 0.250. The van der Waals surface area contributed by atoms with Gasteiger partial charge in [0.05, 0.1) is 16.1 Å². The van der Waals surface area contributed by atoms with Gasteiger partial charge in [-0.05, 0) is 24.3 Å². The van der Waals surface area contributed by atoms with Crippen molar-refractivity contribution in [2.45, 2.75) is 6.18 Å². The topological polar surface area (TPSA) is 92.5 Å². The Morgan fingerprint density at radius 3 is 2.46 bits per heavy atom. The van der Waals surface area contributed by atoms with Gasteiger partial charge >= 0.3 is 11.9 Å². The summed E-state index contributed by atoms with van der Waals surface area (Å²) in [4.78, 5) is 21.7. The molecular weight excluding hydrogens is 336 g/mol. The summed E-state index contributed by atoms with van der Waals surface area (Å²) in [6.45, 7) is 0. The zero-order valence-corrected chi connectivity index (χ0v) is 11.6. The lowest BCUT2D eigenvalue weighted by atomic mass is 10.1. The van der Waals surface area contributed by atoms with Crippen molar-refractivity contribution in [1.29, 1.82) is 0 Å². The fourth-order valence-corrected chi connectivity index (χ4v) is 1.89. The molecule has 0 saturated heterocycles. The highest BCUT2D eigenvalue weighted by Crippen LogP contribution is 2.33. The third kappa shape index (κ3) is 3.59. The highest BCUT2D eigenvalue weighted by atomic mass is 19.4. The van der Waals surface area contributed by atoms with Crippen molar-refractivity contribution in [2.75, 3.05) is 5.32 Å². The second-order valence-corrected chi connectivity index (χ2v) is 4.61. The summed E-state index contributed by atoms with van der Waals surface area (Å²) in [6.07, 6.45) is -4.82. The van der Waals surface area contributed by atoms with E-state index >= 15 is 0 Å².